The maximum Gasteiger partial charge on any atom is 0.245 e. The Morgan fingerprint density at radius 3 is 2.47 bits per heavy atom. The van der Waals surface area contributed by atoms with Crippen LogP contribution in [0.4, 0.5) is 5.82 Å². The Labute approximate surface area is 115 Å². The number of aromatic nitrogens is 2. The van der Waals surface area contributed by atoms with Crippen molar-refractivity contribution in [3.63, 3.8) is 0 Å². The van der Waals surface area contributed by atoms with Gasteiger partial charge in [-0.25, -0.2) is 9.97 Å². The van der Waals surface area contributed by atoms with Crippen LogP contribution in [0.25, 0.3) is 11.0 Å². The Morgan fingerprint density at radius 2 is 1.89 bits per heavy atom. The number of benzene rings is 1. The monoisotopic (exact) mass is 276 g/mol. The molecule has 1 aliphatic rings. The van der Waals surface area contributed by atoms with Crippen molar-refractivity contribution in [3.8, 4) is 0 Å². The van der Waals surface area contributed by atoms with Crippen molar-refractivity contribution in [1.29, 1.82) is 0 Å². The van der Waals surface area contributed by atoms with E-state index in [1.54, 1.807) is 0 Å². The lowest BCUT2D eigenvalue weighted by atomic mass is 9.77. The molecule has 1 aromatic heterocycles. The van der Waals surface area contributed by atoms with Crippen LogP contribution in [-0.4, -0.2) is 21.4 Å². The van der Waals surface area contributed by atoms with Gasteiger partial charge in [-0.2, -0.15) is 0 Å². The topological polar surface area (TPSA) is 80.9 Å². The standard InChI is InChI=1S/C13H13ClN4O/c14-10-11(18-12(19)13(15)6-3-7-13)17-9-5-2-1-4-8(9)16-10/h1-2,4-5H,3,6-7,15H2,(H,17,18,19). The highest BCUT2D eigenvalue weighted by atomic mass is 35.5. The third kappa shape index (κ3) is 2.15. The number of carbonyl (C=O) groups is 1. The Morgan fingerprint density at radius 1 is 1.26 bits per heavy atom. The van der Waals surface area contributed by atoms with Crippen molar-refractivity contribution in [1.82, 2.24) is 9.97 Å². The predicted octanol–water partition coefficient (Wildman–Crippen LogP) is 2.10. The number of nitrogens with two attached hydrogens (primary N) is 1. The first-order chi connectivity index (χ1) is 9.08. The van der Waals surface area contributed by atoms with Crippen LogP contribution in [0.15, 0.2) is 24.3 Å². The molecule has 1 aliphatic carbocycles. The second kappa shape index (κ2) is 4.43. The summed E-state index contributed by atoms with van der Waals surface area (Å²) in [5.74, 6) is 0.0207. The van der Waals surface area contributed by atoms with Gasteiger partial charge in [0.15, 0.2) is 11.0 Å². The van der Waals surface area contributed by atoms with Crippen molar-refractivity contribution >= 4 is 34.4 Å². The van der Waals surface area contributed by atoms with Gasteiger partial charge in [0.2, 0.25) is 5.91 Å². The Kier molecular flexibility index (Phi) is 2.88. The lowest BCUT2D eigenvalue weighted by Gasteiger charge is -2.35. The zero-order valence-electron chi connectivity index (χ0n) is 10.2. The third-order valence-electron chi connectivity index (χ3n) is 3.46. The molecule has 98 valence electrons. The highest BCUT2D eigenvalue weighted by Gasteiger charge is 2.40. The second-order valence-corrected chi connectivity index (χ2v) is 5.17. The van der Waals surface area contributed by atoms with E-state index in [0.29, 0.717) is 23.9 Å². The summed E-state index contributed by atoms with van der Waals surface area (Å²) in [7, 11) is 0. The van der Waals surface area contributed by atoms with Crippen molar-refractivity contribution in [3.05, 3.63) is 29.4 Å². The number of amides is 1. The SMILES string of the molecule is NC1(C(=O)Nc2nc3ccccc3nc2Cl)CCC1. The molecule has 0 atom stereocenters. The molecule has 0 unspecified atom stereocenters. The molecule has 0 saturated heterocycles. The number of rotatable bonds is 2. The summed E-state index contributed by atoms with van der Waals surface area (Å²) in [6.07, 6.45) is 2.36. The molecule has 3 rings (SSSR count). The molecule has 1 aromatic carbocycles. The fourth-order valence-electron chi connectivity index (χ4n) is 2.07. The highest BCUT2D eigenvalue weighted by Crippen LogP contribution is 2.31. The fourth-order valence-corrected chi connectivity index (χ4v) is 2.26. The van der Waals surface area contributed by atoms with Gasteiger partial charge in [0.05, 0.1) is 16.6 Å². The van der Waals surface area contributed by atoms with Crippen LogP contribution < -0.4 is 11.1 Å². The fraction of sp³-hybridized carbons (Fsp3) is 0.308. The van der Waals surface area contributed by atoms with E-state index in [4.69, 9.17) is 17.3 Å². The average Bonchev–Trinajstić information content (AvgIpc) is 2.36. The number of hydrogen-bond acceptors (Lipinski definition) is 4. The summed E-state index contributed by atoms with van der Waals surface area (Å²) >= 11 is 6.03. The number of para-hydroxylation sites is 2. The van der Waals surface area contributed by atoms with Crippen molar-refractivity contribution < 1.29 is 4.79 Å². The highest BCUT2D eigenvalue weighted by molar-refractivity contribution is 6.32. The summed E-state index contributed by atoms with van der Waals surface area (Å²) in [5, 5.41) is 2.85. The Bertz CT molecular complexity index is 654. The number of nitrogens with one attached hydrogen (secondary N) is 1. The quantitative estimate of drug-likeness (QED) is 0.880. The van der Waals surface area contributed by atoms with E-state index in [0.717, 1.165) is 6.42 Å². The van der Waals surface area contributed by atoms with Crippen LogP contribution in [0, 0.1) is 0 Å². The minimum absolute atomic E-state index is 0.176. The molecule has 2 aromatic rings. The normalized spacial score (nSPS) is 16.9. The Balaban J connectivity index is 1.92. The van der Waals surface area contributed by atoms with Crippen LogP contribution in [0.2, 0.25) is 5.15 Å². The maximum atomic E-state index is 12.0. The number of nitrogens with zero attached hydrogens (tertiary/aromatic N) is 2. The zero-order chi connectivity index (χ0) is 13.5. The number of anilines is 1. The van der Waals surface area contributed by atoms with Gasteiger partial charge in [-0.15, -0.1) is 0 Å². The molecule has 6 heteroatoms. The summed E-state index contributed by atoms with van der Waals surface area (Å²) in [6.45, 7) is 0. The first kappa shape index (κ1) is 12.3. The molecule has 5 nitrogen and oxygen atoms in total. The van der Waals surface area contributed by atoms with Gasteiger partial charge in [0.25, 0.3) is 0 Å². The molecule has 1 amide bonds. The smallest absolute Gasteiger partial charge is 0.245 e. The lowest BCUT2D eigenvalue weighted by Crippen LogP contribution is -2.56. The summed E-state index contributed by atoms with van der Waals surface area (Å²) in [5.41, 5.74) is 6.55. The lowest BCUT2D eigenvalue weighted by molar-refractivity contribution is -0.123. The molecule has 3 N–H and O–H groups in total. The van der Waals surface area contributed by atoms with E-state index < -0.39 is 5.54 Å². The molecule has 0 bridgehead atoms. The molecule has 1 fully saturated rings. The molecule has 0 radical (unpaired) electrons. The van der Waals surface area contributed by atoms with E-state index >= 15 is 0 Å². The van der Waals surface area contributed by atoms with Gasteiger partial charge < -0.3 is 11.1 Å². The maximum absolute atomic E-state index is 12.0. The van der Waals surface area contributed by atoms with Gasteiger partial charge in [0, 0.05) is 0 Å². The summed E-state index contributed by atoms with van der Waals surface area (Å²) in [6, 6.07) is 7.34. The van der Waals surface area contributed by atoms with E-state index in [-0.39, 0.29) is 16.9 Å². The van der Waals surface area contributed by atoms with Crippen LogP contribution >= 0.6 is 11.6 Å². The number of fused-ring (bicyclic) bond motifs is 1. The number of hydrogen-bond donors (Lipinski definition) is 2. The summed E-state index contributed by atoms with van der Waals surface area (Å²) in [4.78, 5) is 20.5. The Hall–Kier alpha value is -1.72. The average molecular weight is 277 g/mol. The largest absolute Gasteiger partial charge is 0.317 e. The van der Waals surface area contributed by atoms with Crippen molar-refractivity contribution in [2.75, 3.05) is 5.32 Å². The molecule has 0 spiro atoms. The van der Waals surface area contributed by atoms with E-state index in [1.165, 1.54) is 0 Å². The number of carbonyl (C=O) groups excluding carboxylic acids is 1. The summed E-state index contributed by atoms with van der Waals surface area (Å²) < 4.78 is 0. The first-order valence-corrected chi connectivity index (χ1v) is 6.49. The van der Waals surface area contributed by atoms with Crippen LogP contribution in [0.3, 0.4) is 0 Å². The van der Waals surface area contributed by atoms with Crippen LogP contribution in [0.1, 0.15) is 19.3 Å². The van der Waals surface area contributed by atoms with Gasteiger partial charge in [0.1, 0.15) is 0 Å². The van der Waals surface area contributed by atoms with E-state index in [2.05, 4.69) is 15.3 Å². The van der Waals surface area contributed by atoms with Crippen molar-refractivity contribution in [2.24, 2.45) is 5.73 Å². The van der Waals surface area contributed by atoms with Crippen molar-refractivity contribution in [2.45, 2.75) is 24.8 Å². The van der Waals surface area contributed by atoms with E-state index in [1.807, 2.05) is 24.3 Å². The first-order valence-electron chi connectivity index (χ1n) is 6.11. The number of halogens is 1. The zero-order valence-corrected chi connectivity index (χ0v) is 10.9. The minimum Gasteiger partial charge on any atom is -0.317 e. The molecule has 0 aliphatic heterocycles. The van der Waals surface area contributed by atoms with Gasteiger partial charge >= 0.3 is 0 Å². The second-order valence-electron chi connectivity index (χ2n) is 4.82. The third-order valence-corrected chi connectivity index (χ3v) is 3.72. The van der Waals surface area contributed by atoms with Gasteiger partial charge in [-0.05, 0) is 31.4 Å². The molecule has 1 saturated carbocycles. The molecule has 19 heavy (non-hydrogen) atoms. The molecular weight excluding hydrogens is 264 g/mol. The van der Waals surface area contributed by atoms with Gasteiger partial charge in [-0.1, -0.05) is 23.7 Å². The van der Waals surface area contributed by atoms with Gasteiger partial charge in [-0.3, -0.25) is 4.79 Å². The van der Waals surface area contributed by atoms with Crippen LogP contribution in [0.5, 0.6) is 0 Å². The van der Waals surface area contributed by atoms with E-state index in [9.17, 15) is 4.79 Å². The molecule has 1 heterocycles. The molecular formula is C13H13ClN4O. The minimum atomic E-state index is -0.781. The predicted molar refractivity (Wildman–Crippen MR) is 73.9 cm³/mol. The van der Waals surface area contributed by atoms with Crippen LogP contribution in [-0.2, 0) is 4.79 Å².